The molecule has 6 heteroatoms. The first-order valence-electron chi connectivity index (χ1n) is 5.40. The number of carbonyl (C=O) groups excluding carboxylic acids is 1. The number of rotatable bonds is 7. The highest BCUT2D eigenvalue weighted by Crippen LogP contribution is 2.20. The lowest BCUT2D eigenvalue weighted by Crippen LogP contribution is -2.30. The number of nitrogens with zero attached hydrogens (tertiary/aromatic N) is 1. The Morgan fingerprint density at radius 1 is 1.56 bits per heavy atom. The van der Waals surface area contributed by atoms with Gasteiger partial charge in [0.15, 0.2) is 6.61 Å². The zero-order chi connectivity index (χ0) is 13.4. The summed E-state index contributed by atoms with van der Waals surface area (Å²) in [6.07, 6.45) is 0.727. The maximum absolute atomic E-state index is 13.1. The van der Waals surface area contributed by atoms with Gasteiger partial charge in [0.25, 0.3) is 5.91 Å². The second-order valence-corrected chi connectivity index (χ2v) is 3.92. The first kappa shape index (κ1) is 14.4. The largest absolute Gasteiger partial charge is 0.484 e. The summed E-state index contributed by atoms with van der Waals surface area (Å²) in [5, 5.41) is 2.66. The number of aliphatic imine (C=N–C) groups is 1. The molecule has 0 saturated heterocycles. The molecule has 0 radical (unpaired) electrons. The summed E-state index contributed by atoms with van der Waals surface area (Å²) in [4.78, 5) is 15.0. The van der Waals surface area contributed by atoms with Gasteiger partial charge in [-0.05, 0) is 25.3 Å². The second kappa shape index (κ2) is 7.66. The van der Waals surface area contributed by atoms with Gasteiger partial charge in [-0.15, -0.1) is 0 Å². The zero-order valence-corrected chi connectivity index (χ0v) is 10.5. The second-order valence-electron chi connectivity index (χ2n) is 3.52. The Kier molecular flexibility index (Phi) is 6.14. The van der Waals surface area contributed by atoms with E-state index in [-0.39, 0.29) is 23.3 Å². The van der Waals surface area contributed by atoms with E-state index in [1.807, 2.05) is 0 Å². The van der Waals surface area contributed by atoms with E-state index < -0.39 is 5.82 Å². The fourth-order valence-electron chi connectivity index (χ4n) is 1.19. The normalized spacial score (nSPS) is 9.89. The van der Waals surface area contributed by atoms with E-state index in [0.717, 1.165) is 12.5 Å². The fraction of sp³-hybridized carbons (Fsp3) is 0.333. The lowest BCUT2D eigenvalue weighted by Gasteiger charge is -2.07. The molecule has 0 spiro atoms. The summed E-state index contributed by atoms with van der Waals surface area (Å²) in [5.74, 6) is -0.583. The van der Waals surface area contributed by atoms with Crippen LogP contribution >= 0.6 is 11.6 Å². The molecule has 0 heterocycles. The number of hydrogen-bond donors (Lipinski definition) is 1. The Morgan fingerprint density at radius 2 is 2.33 bits per heavy atom. The molecule has 0 aliphatic heterocycles. The summed E-state index contributed by atoms with van der Waals surface area (Å²) in [5.41, 5.74) is 0. The van der Waals surface area contributed by atoms with Gasteiger partial charge in [0.05, 0.1) is 5.02 Å². The molecule has 0 aliphatic rings. The highest BCUT2D eigenvalue weighted by molar-refractivity contribution is 6.30. The Morgan fingerprint density at radius 3 is 3.00 bits per heavy atom. The molecule has 18 heavy (non-hydrogen) atoms. The molecule has 1 aromatic rings. The summed E-state index contributed by atoms with van der Waals surface area (Å²) in [6, 6.07) is 4.01. The van der Waals surface area contributed by atoms with E-state index in [4.69, 9.17) is 16.3 Å². The number of benzene rings is 1. The molecule has 1 aromatic carbocycles. The van der Waals surface area contributed by atoms with Crippen LogP contribution < -0.4 is 10.1 Å². The Hall–Kier alpha value is -1.62. The van der Waals surface area contributed by atoms with Gasteiger partial charge in [-0.3, -0.25) is 4.79 Å². The van der Waals surface area contributed by atoms with Gasteiger partial charge in [0, 0.05) is 19.2 Å². The Labute approximate surface area is 110 Å². The van der Waals surface area contributed by atoms with E-state index in [9.17, 15) is 9.18 Å². The van der Waals surface area contributed by atoms with E-state index in [1.54, 1.807) is 0 Å². The van der Waals surface area contributed by atoms with Crippen molar-refractivity contribution in [2.75, 3.05) is 19.7 Å². The van der Waals surface area contributed by atoms with Gasteiger partial charge in [-0.1, -0.05) is 11.6 Å². The predicted molar refractivity (Wildman–Crippen MR) is 68.9 cm³/mol. The van der Waals surface area contributed by atoms with Crippen molar-refractivity contribution in [2.24, 2.45) is 4.99 Å². The van der Waals surface area contributed by atoms with Crippen LogP contribution in [0.5, 0.6) is 5.75 Å². The summed E-state index contributed by atoms with van der Waals surface area (Å²) >= 11 is 5.52. The average molecular weight is 273 g/mol. The van der Waals surface area contributed by atoms with Crippen molar-refractivity contribution in [3.8, 4) is 5.75 Å². The van der Waals surface area contributed by atoms with Gasteiger partial charge < -0.3 is 15.0 Å². The van der Waals surface area contributed by atoms with Crippen molar-refractivity contribution in [1.29, 1.82) is 0 Å². The molecule has 1 amide bonds. The minimum absolute atomic E-state index is 0.0173. The minimum atomic E-state index is -0.577. The smallest absolute Gasteiger partial charge is 0.257 e. The molecule has 0 unspecified atom stereocenters. The predicted octanol–water partition coefficient (Wildman–Crippen LogP) is 2.06. The van der Waals surface area contributed by atoms with Gasteiger partial charge in [0.2, 0.25) is 0 Å². The van der Waals surface area contributed by atoms with E-state index in [0.29, 0.717) is 13.1 Å². The minimum Gasteiger partial charge on any atom is -0.484 e. The SMILES string of the molecule is C=NCCCNC(=O)COc1ccc(Cl)c(F)c1. The van der Waals surface area contributed by atoms with Gasteiger partial charge in [-0.25, -0.2) is 4.39 Å². The third-order valence-corrected chi connectivity index (χ3v) is 2.38. The lowest BCUT2D eigenvalue weighted by atomic mass is 10.3. The van der Waals surface area contributed by atoms with Gasteiger partial charge in [0.1, 0.15) is 11.6 Å². The molecule has 0 saturated carbocycles. The molecule has 1 N–H and O–H groups in total. The first-order valence-corrected chi connectivity index (χ1v) is 5.78. The van der Waals surface area contributed by atoms with Gasteiger partial charge in [-0.2, -0.15) is 0 Å². The quantitative estimate of drug-likeness (QED) is 0.610. The number of amides is 1. The van der Waals surface area contributed by atoms with Crippen LogP contribution in [-0.2, 0) is 4.79 Å². The molecule has 0 fully saturated rings. The summed E-state index contributed by atoms with van der Waals surface area (Å²) in [6.45, 7) is 4.28. The maximum Gasteiger partial charge on any atom is 0.257 e. The molecule has 4 nitrogen and oxygen atoms in total. The van der Waals surface area contributed by atoms with E-state index in [2.05, 4.69) is 17.0 Å². The monoisotopic (exact) mass is 272 g/mol. The van der Waals surface area contributed by atoms with Crippen molar-refractivity contribution < 1.29 is 13.9 Å². The molecule has 98 valence electrons. The zero-order valence-electron chi connectivity index (χ0n) is 9.79. The topological polar surface area (TPSA) is 50.7 Å². The maximum atomic E-state index is 13.1. The van der Waals surface area contributed by atoms with E-state index >= 15 is 0 Å². The molecule has 0 atom stereocenters. The molecular formula is C12H14ClFN2O2. The summed E-state index contributed by atoms with van der Waals surface area (Å²) in [7, 11) is 0. The van der Waals surface area contributed by atoms with Gasteiger partial charge >= 0.3 is 0 Å². The van der Waals surface area contributed by atoms with Crippen LogP contribution in [0.25, 0.3) is 0 Å². The number of ether oxygens (including phenoxy) is 1. The fourth-order valence-corrected chi connectivity index (χ4v) is 1.30. The number of hydrogen-bond acceptors (Lipinski definition) is 3. The Bertz CT molecular complexity index is 427. The third-order valence-electron chi connectivity index (χ3n) is 2.08. The van der Waals surface area contributed by atoms with Crippen LogP contribution in [0.1, 0.15) is 6.42 Å². The van der Waals surface area contributed by atoms with Crippen molar-refractivity contribution >= 4 is 24.2 Å². The van der Waals surface area contributed by atoms with Crippen LogP contribution in [0.3, 0.4) is 0 Å². The van der Waals surface area contributed by atoms with Crippen molar-refractivity contribution in [1.82, 2.24) is 5.32 Å². The molecule has 0 aliphatic carbocycles. The number of nitrogens with one attached hydrogen (secondary N) is 1. The van der Waals surface area contributed by atoms with Crippen molar-refractivity contribution in [3.05, 3.63) is 29.0 Å². The molecular weight excluding hydrogens is 259 g/mol. The Balaban J connectivity index is 2.29. The average Bonchev–Trinajstić information content (AvgIpc) is 2.36. The highest BCUT2D eigenvalue weighted by atomic mass is 35.5. The van der Waals surface area contributed by atoms with Crippen LogP contribution in [0.2, 0.25) is 5.02 Å². The van der Waals surface area contributed by atoms with Crippen LogP contribution in [0.4, 0.5) is 4.39 Å². The number of halogens is 2. The van der Waals surface area contributed by atoms with Crippen molar-refractivity contribution in [2.45, 2.75) is 6.42 Å². The molecule has 0 bridgehead atoms. The molecule has 0 aromatic heterocycles. The lowest BCUT2D eigenvalue weighted by molar-refractivity contribution is -0.123. The van der Waals surface area contributed by atoms with E-state index in [1.165, 1.54) is 12.1 Å². The third kappa shape index (κ3) is 5.14. The van der Waals surface area contributed by atoms with Crippen LogP contribution in [0, 0.1) is 5.82 Å². The number of carbonyl (C=O) groups is 1. The summed E-state index contributed by atoms with van der Waals surface area (Å²) < 4.78 is 18.2. The first-order chi connectivity index (χ1) is 8.63. The standard InChI is InChI=1S/C12H14ClFN2O2/c1-15-5-2-6-16-12(17)8-18-9-3-4-10(13)11(14)7-9/h3-4,7H,1-2,5-6,8H2,(H,16,17). The highest BCUT2D eigenvalue weighted by Gasteiger charge is 2.04. The van der Waals surface area contributed by atoms with Crippen LogP contribution in [0.15, 0.2) is 23.2 Å². The molecule has 1 rings (SSSR count). The van der Waals surface area contributed by atoms with Crippen LogP contribution in [-0.4, -0.2) is 32.3 Å². The van der Waals surface area contributed by atoms with Crippen molar-refractivity contribution in [3.63, 3.8) is 0 Å².